The molecule has 1 fully saturated rings. The maximum absolute atomic E-state index is 12.5. The monoisotopic (exact) mass is 445 g/mol. The van der Waals surface area contributed by atoms with Gasteiger partial charge in [-0.25, -0.2) is 4.98 Å². The summed E-state index contributed by atoms with van der Waals surface area (Å²) in [5, 5.41) is 5.69. The molecule has 0 radical (unpaired) electrons. The fraction of sp³-hybridized carbons (Fsp3) is 0.158. The average molecular weight is 446 g/mol. The number of nitrogens with one attached hydrogen (secondary N) is 1. The van der Waals surface area contributed by atoms with Crippen LogP contribution in [0.2, 0.25) is 0 Å². The fourth-order valence-electron chi connectivity index (χ4n) is 2.67. The Balaban J connectivity index is 1.30. The van der Waals surface area contributed by atoms with Crippen LogP contribution >= 0.6 is 46.7 Å². The van der Waals surface area contributed by atoms with Crippen molar-refractivity contribution in [2.75, 3.05) is 6.54 Å². The van der Waals surface area contributed by atoms with E-state index < -0.39 is 0 Å². The number of thioether (sulfide) groups is 1. The molecule has 28 heavy (non-hydrogen) atoms. The molecule has 1 aliphatic rings. The Hall–Kier alpha value is -2.07. The molecular formula is C19H15N3O2S4. The number of fused-ring (bicyclic) bond motifs is 1. The quantitative estimate of drug-likeness (QED) is 0.454. The molecule has 3 aromatic rings. The second kappa shape index (κ2) is 8.52. The lowest BCUT2D eigenvalue weighted by Crippen LogP contribution is -2.33. The molecule has 5 nitrogen and oxygen atoms in total. The highest BCUT2D eigenvalue weighted by atomic mass is 32.2. The van der Waals surface area contributed by atoms with Crippen LogP contribution in [0.5, 0.6) is 0 Å². The number of amides is 2. The van der Waals surface area contributed by atoms with Crippen molar-refractivity contribution >= 4 is 79.1 Å². The summed E-state index contributed by atoms with van der Waals surface area (Å²) in [5.41, 5.74) is 0.937. The fourth-order valence-corrected chi connectivity index (χ4v) is 5.61. The molecule has 0 saturated carbocycles. The molecule has 0 aliphatic carbocycles. The number of carbonyl (C=O) groups is 2. The summed E-state index contributed by atoms with van der Waals surface area (Å²) in [6.45, 7) is 0.660. The number of nitrogens with zero attached hydrogens (tertiary/aromatic N) is 2. The number of benzene rings is 1. The predicted molar refractivity (Wildman–Crippen MR) is 120 cm³/mol. The lowest BCUT2D eigenvalue weighted by molar-refractivity contribution is -0.123. The maximum atomic E-state index is 12.5. The Bertz CT molecular complexity index is 1040. The number of thiazole rings is 1. The number of aromatic nitrogens is 1. The van der Waals surface area contributed by atoms with E-state index in [0.29, 0.717) is 15.8 Å². The van der Waals surface area contributed by atoms with Crippen molar-refractivity contribution in [2.45, 2.75) is 13.0 Å². The van der Waals surface area contributed by atoms with E-state index in [-0.39, 0.29) is 24.8 Å². The number of rotatable bonds is 6. The summed E-state index contributed by atoms with van der Waals surface area (Å²) in [6.07, 6.45) is 2.04. The van der Waals surface area contributed by atoms with Crippen LogP contribution in [0.15, 0.2) is 46.7 Å². The lowest BCUT2D eigenvalue weighted by atomic mass is 10.3. The van der Waals surface area contributed by atoms with E-state index in [9.17, 15) is 9.59 Å². The normalized spacial score (nSPS) is 15.7. The molecule has 4 rings (SSSR count). The van der Waals surface area contributed by atoms with E-state index in [4.69, 9.17) is 12.2 Å². The second-order valence-corrected chi connectivity index (χ2v) is 9.72. The predicted octanol–water partition coefficient (Wildman–Crippen LogP) is 4.27. The Labute approximate surface area is 179 Å². The maximum Gasteiger partial charge on any atom is 0.266 e. The second-order valence-electron chi connectivity index (χ2n) is 5.95. The minimum Gasteiger partial charge on any atom is -0.350 e. The summed E-state index contributed by atoms with van der Waals surface area (Å²) in [4.78, 5) is 32.4. The molecule has 1 aliphatic heterocycles. The smallest absolute Gasteiger partial charge is 0.266 e. The van der Waals surface area contributed by atoms with E-state index in [0.717, 1.165) is 20.1 Å². The molecule has 2 aromatic heterocycles. The highest BCUT2D eigenvalue weighted by Crippen LogP contribution is 2.33. The minimum atomic E-state index is -0.137. The van der Waals surface area contributed by atoms with Crippen molar-refractivity contribution in [3.8, 4) is 0 Å². The number of thiocarbonyl (C=S) groups is 1. The molecule has 2 amide bonds. The van der Waals surface area contributed by atoms with Gasteiger partial charge in [0, 0.05) is 17.8 Å². The van der Waals surface area contributed by atoms with Crippen LogP contribution in [0, 0.1) is 0 Å². The van der Waals surface area contributed by atoms with E-state index in [1.54, 1.807) is 22.7 Å². The largest absolute Gasteiger partial charge is 0.350 e. The van der Waals surface area contributed by atoms with Crippen LogP contribution in [0.4, 0.5) is 0 Å². The van der Waals surface area contributed by atoms with Gasteiger partial charge in [0.05, 0.1) is 21.7 Å². The zero-order chi connectivity index (χ0) is 19.5. The van der Waals surface area contributed by atoms with Gasteiger partial charge in [-0.1, -0.05) is 42.2 Å². The first-order valence-corrected chi connectivity index (χ1v) is 11.4. The lowest BCUT2D eigenvalue weighted by Gasteiger charge is -2.13. The molecule has 0 atom stereocenters. The highest BCUT2D eigenvalue weighted by molar-refractivity contribution is 8.26. The molecule has 9 heteroatoms. The van der Waals surface area contributed by atoms with Crippen molar-refractivity contribution in [1.29, 1.82) is 0 Å². The summed E-state index contributed by atoms with van der Waals surface area (Å²) in [6, 6.07) is 11.8. The van der Waals surface area contributed by atoms with Crippen molar-refractivity contribution in [2.24, 2.45) is 0 Å². The van der Waals surface area contributed by atoms with E-state index in [2.05, 4.69) is 10.3 Å². The van der Waals surface area contributed by atoms with Gasteiger partial charge in [-0.05, 0) is 29.7 Å². The van der Waals surface area contributed by atoms with Crippen LogP contribution in [0.25, 0.3) is 16.3 Å². The third-order valence-corrected chi connectivity index (χ3v) is 7.26. The first kappa shape index (κ1) is 19.3. The summed E-state index contributed by atoms with van der Waals surface area (Å²) in [5.74, 6) is -0.266. The molecule has 1 saturated heterocycles. The average Bonchev–Trinajstić information content (AvgIpc) is 3.39. The molecule has 3 heterocycles. The van der Waals surface area contributed by atoms with Crippen molar-refractivity contribution in [3.05, 3.63) is 56.6 Å². The Kier molecular flexibility index (Phi) is 5.86. The topological polar surface area (TPSA) is 62.3 Å². The van der Waals surface area contributed by atoms with Gasteiger partial charge in [0.25, 0.3) is 5.91 Å². The van der Waals surface area contributed by atoms with Crippen LogP contribution in [-0.4, -0.2) is 32.6 Å². The molecule has 1 aromatic carbocycles. The van der Waals surface area contributed by atoms with E-state index in [1.807, 2.05) is 47.9 Å². The number of carbonyl (C=O) groups excluding carboxylic acids is 2. The number of hydrogen-bond acceptors (Lipinski definition) is 7. The summed E-state index contributed by atoms with van der Waals surface area (Å²) in [7, 11) is 0. The van der Waals surface area contributed by atoms with Crippen molar-refractivity contribution in [3.63, 3.8) is 0 Å². The number of thiophene rings is 1. The zero-order valence-corrected chi connectivity index (χ0v) is 17.9. The van der Waals surface area contributed by atoms with Gasteiger partial charge in [-0.15, -0.1) is 22.7 Å². The Morgan fingerprint density at radius 2 is 2.11 bits per heavy atom. The Morgan fingerprint density at radius 1 is 1.25 bits per heavy atom. The summed E-state index contributed by atoms with van der Waals surface area (Å²) < 4.78 is 1.59. The minimum absolute atomic E-state index is 0.129. The molecule has 0 unspecified atom stereocenters. The van der Waals surface area contributed by atoms with Gasteiger partial charge >= 0.3 is 0 Å². The highest BCUT2D eigenvalue weighted by Gasteiger charge is 2.32. The van der Waals surface area contributed by atoms with Crippen LogP contribution in [-0.2, 0) is 16.1 Å². The third-order valence-electron chi connectivity index (χ3n) is 4.03. The van der Waals surface area contributed by atoms with Gasteiger partial charge in [0.15, 0.2) is 0 Å². The third kappa shape index (κ3) is 4.33. The van der Waals surface area contributed by atoms with E-state index in [1.165, 1.54) is 16.7 Å². The van der Waals surface area contributed by atoms with Crippen molar-refractivity contribution < 1.29 is 9.59 Å². The summed E-state index contributed by atoms with van der Waals surface area (Å²) >= 11 is 9.72. The van der Waals surface area contributed by atoms with Gasteiger partial charge < -0.3 is 5.32 Å². The van der Waals surface area contributed by atoms with Crippen LogP contribution in [0.1, 0.15) is 16.3 Å². The van der Waals surface area contributed by atoms with Gasteiger partial charge in [0.2, 0.25) is 5.91 Å². The van der Waals surface area contributed by atoms with Gasteiger partial charge in [0.1, 0.15) is 9.33 Å². The molecular weight excluding hydrogens is 430 g/mol. The SMILES string of the molecule is O=C(CCN1C(=O)/C(=C/c2cccs2)SC1=S)NCc1nc2ccccc2s1. The number of para-hydroxylation sites is 1. The first-order valence-electron chi connectivity index (χ1n) is 8.50. The molecule has 1 N–H and O–H groups in total. The van der Waals surface area contributed by atoms with Gasteiger partial charge in [-0.2, -0.15) is 0 Å². The molecule has 142 valence electrons. The molecule has 0 bridgehead atoms. The van der Waals surface area contributed by atoms with Crippen molar-refractivity contribution in [1.82, 2.24) is 15.2 Å². The number of hydrogen-bond donors (Lipinski definition) is 1. The first-order chi connectivity index (χ1) is 13.6. The van der Waals surface area contributed by atoms with E-state index >= 15 is 0 Å². The molecule has 0 spiro atoms. The standard InChI is InChI=1S/C19H15N3O2S4/c23-16(20-11-17-21-13-5-1-2-6-14(13)27-17)7-8-22-18(24)15(28-19(22)25)10-12-4-3-9-26-12/h1-6,9-10H,7-8,11H2,(H,20,23)/b15-10-. The van der Waals surface area contributed by atoms with Gasteiger partial charge in [-0.3, -0.25) is 14.5 Å². The van der Waals surface area contributed by atoms with Crippen LogP contribution in [0.3, 0.4) is 0 Å². The Morgan fingerprint density at radius 3 is 2.89 bits per heavy atom. The zero-order valence-electron chi connectivity index (χ0n) is 14.6. The van der Waals surface area contributed by atoms with Crippen LogP contribution < -0.4 is 5.32 Å².